The maximum atomic E-state index is 12.3. The molecule has 0 saturated carbocycles. The van der Waals surface area contributed by atoms with Crippen LogP contribution >= 0.6 is 0 Å². The molecule has 22 heavy (non-hydrogen) atoms. The molecule has 1 N–H and O–H groups in total. The number of carbonyl (C=O) groups is 2. The number of aryl methyl sites for hydroxylation is 2. The van der Waals surface area contributed by atoms with E-state index in [0.717, 1.165) is 23.1 Å². The summed E-state index contributed by atoms with van der Waals surface area (Å²) < 4.78 is 5.60. The molecule has 1 atom stereocenters. The van der Waals surface area contributed by atoms with Gasteiger partial charge in [-0.05, 0) is 56.2 Å². The molecule has 2 rings (SSSR count). The Labute approximate surface area is 130 Å². The van der Waals surface area contributed by atoms with Crippen LogP contribution in [0.25, 0.3) is 0 Å². The third-order valence-electron chi connectivity index (χ3n) is 3.43. The van der Waals surface area contributed by atoms with Crippen LogP contribution in [-0.4, -0.2) is 18.3 Å². The van der Waals surface area contributed by atoms with Crippen molar-refractivity contribution in [2.24, 2.45) is 0 Å². The summed E-state index contributed by atoms with van der Waals surface area (Å²) in [6.07, 6.45) is 0.127. The minimum atomic E-state index is -0.638. The van der Waals surface area contributed by atoms with E-state index in [1.807, 2.05) is 32.0 Å². The molecule has 0 spiro atoms. The van der Waals surface area contributed by atoms with Gasteiger partial charge in [-0.1, -0.05) is 18.2 Å². The van der Waals surface area contributed by atoms with Gasteiger partial charge in [-0.25, -0.2) is 0 Å². The van der Waals surface area contributed by atoms with E-state index in [-0.39, 0.29) is 5.91 Å². The predicted octanol–water partition coefficient (Wildman–Crippen LogP) is 3.52. The summed E-state index contributed by atoms with van der Waals surface area (Å²) in [4.78, 5) is 22.9. The second-order valence-corrected chi connectivity index (χ2v) is 5.20. The first kappa shape index (κ1) is 15.8. The molecule has 0 aliphatic heterocycles. The number of carbonyl (C=O) groups excluding carboxylic acids is 2. The normalized spacial score (nSPS) is 11.6. The number of hydrogen-bond acceptors (Lipinski definition) is 3. The standard InChI is InChI=1S/C18H19NO3/c1-12-5-4-6-13(2)17(12)19-18(21)14(3)22-16-9-7-15(11-20)8-10-16/h4-11,14H,1-3H3,(H,19,21). The number of benzene rings is 2. The van der Waals surface area contributed by atoms with E-state index in [0.29, 0.717) is 11.3 Å². The predicted molar refractivity (Wildman–Crippen MR) is 86.5 cm³/mol. The van der Waals surface area contributed by atoms with Crippen molar-refractivity contribution in [3.63, 3.8) is 0 Å². The average molecular weight is 297 g/mol. The monoisotopic (exact) mass is 297 g/mol. The molecule has 2 aromatic carbocycles. The average Bonchev–Trinajstić information content (AvgIpc) is 2.51. The van der Waals surface area contributed by atoms with Crippen molar-refractivity contribution in [2.45, 2.75) is 26.9 Å². The van der Waals surface area contributed by atoms with Gasteiger partial charge in [-0.3, -0.25) is 9.59 Å². The number of aldehydes is 1. The summed E-state index contributed by atoms with van der Waals surface area (Å²) in [5.41, 5.74) is 3.41. The van der Waals surface area contributed by atoms with Crippen molar-refractivity contribution >= 4 is 17.9 Å². The van der Waals surface area contributed by atoms with Crippen molar-refractivity contribution < 1.29 is 14.3 Å². The Morgan fingerprint density at radius 1 is 1.09 bits per heavy atom. The maximum absolute atomic E-state index is 12.3. The van der Waals surface area contributed by atoms with Crippen LogP contribution in [0.3, 0.4) is 0 Å². The fourth-order valence-electron chi connectivity index (χ4n) is 2.12. The zero-order valence-corrected chi connectivity index (χ0v) is 12.9. The fourth-order valence-corrected chi connectivity index (χ4v) is 2.12. The highest BCUT2D eigenvalue weighted by Crippen LogP contribution is 2.20. The SMILES string of the molecule is Cc1cccc(C)c1NC(=O)C(C)Oc1ccc(C=O)cc1. The first-order valence-electron chi connectivity index (χ1n) is 7.10. The van der Waals surface area contributed by atoms with Gasteiger partial charge in [-0.2, -0.15) is 0 Å². The topological polar surface area (TPSA) is 55.4 Å². The number of hydrogen-bond donors (Lipinski definition) is 1. The van der Waals surface area contributed by atoms with E-state index in [4.69, 9.17) is 4.74 Å². The minimum absolute atomic E-state index is 0.211. The van der Waals surface area contributed by atoms with Crippen molar-refractivity contribution in [2.75, 3.05) is 5.32 Å². The maximum Gasteiger partial charge on any atom is 0.265 e. The summed E-state index contributed by atoms with van der Waals surface area (Å²) in [6.45, 7) is 5.59. The summed E-state index contributed by atoms with van der Waals surface area (Å²) in [5, 5.41) is 2.90. The quantitative estimate of drug-likeness (QED) is 0.859. The van der Waals surface area contributed by atoms with Gasteiger partial charge in [-0.15, -0.1) is 0 Å². The number of ether oxygens (including phenoxy) is 1. The van der Waals surface area contributed by atoms with Crippen LogP contribution in [0.2, 0.25) is 0 Å². The molecule has 2 aromatic rings. The largest absolute Gasteiger partial charge is 0.481 e. The third kappa shape index (κ3) is 3.73. The van der Waals surface area contributed by atoms with Crippen molar-refractivity contribution in [1.29, 1.82) is 0 Å². The Kier molecular flexibility index (Phi) is 4.94. The fraction of sp³-hybridized carbons (Fsp3) is 0.222. The van der Waals surface area contributed by atoms with Gasteiger partial charge >= 0.3 is 0 Å². The lowest BCUT2D eigenvalue weighted by atomic mass is 10.1. The minimum Gasteiger partial charge on any atom is -0.481 e. The van der Waals surface area contributed by atoms with Crippen molar-refractivity contribution in [3.8, 4) is 5.75 Å². The molecule has 1 unspecified atom stereocenters. The lowest BCUT2D eigenvalue weighted by molar-refractivity contribution is -0.122. The zero-order chi connectivity index (χ0) is 16.1. The first-order chi connectivity index (χ1) is 10.5. The van der Waals surface area contributed by atoms with Gasteiger partial charge in [0.05, 0.1) is 0 Å². The Bertz CT molecular complexity index is 657. The van der Waals surface area contributed by atoms with Gasteiger partial charge in [0.2, 0.25) is 0 Å². The molecule has 0 saturated heterocycles. The molecule has 0 bridgehead atoms. The van der Waals surface area contributed by atoms with Crippen molar-refractivity contribution in [1.82, 2.24) is 0 Å². The summed E-state index contributed by atoms with van der Waals surface area (Å²) in [5.74, 6) is 0.339. The summed E-state index contributed by atoms with van der Waals surface area (Å²) in [6, 6.07) is 12.5. The molecule has 1 amide bonds. The zero-order valence-electron chi connectivity index (χ0n) is 12.9. The van der Waals surface area contributed by atoms with Crippen LogP contribution in [0.5, 0.6) is 5.75 Å². The van der Waals surface area contributed by atoms with E-state index >= 15 is 0 Å². The molecule has 0 radical (unpaired) electrons. The summed E-state index contributed by atoms with van der Waals surface area (Å²) >= 11 is 0. The number of nitrogens with one attached hydrogen (secondary N) is 1. The number of para-hydroxylation sites is 1. The second-order valence-electron chi connectivity index (χ2n) is 5.20. The molecule has 4 heteroatoms. The second kappa shape index (κ2) is 6.89. The van der Waals surface area contributed by atoms with Crippen LogP contribution < -0.4 is 10.1 Å². The Hall–Kier alpha value is -2.62. The number of rotatable bonds is 5. The van der Waals surface area contributed by atoms with E-state index < -0.39 is 6.10 Å². The molecule has 0 aliphatic rings. The third-order valence-corrected chi connectivity index (χ3v) is 3.43. The van der Waals surface area contributed by atoms with E-state index in [1.165, 1.54) is 0 Å². The molecular formula is C18H19NO3. The van der Waals surface area contributed by atoms with Crippen LogP contribution in [0.1, 0.15) is 28.4 Å². The lowest BCUT2D eigenvalue weighted by Crippen LogP contribution is -2.30. The van der Waals surface area contributed by atoms with Crippen molar-refractivity contribution in [3.05, 3.63) is 59.2 Å². The molecule has 0 aliphatic carbocycles. The van der Waals surface area contributed by atoms with E-state index in [2.05, 4.69) is 5.32 Å². The van der Waals surface area contributed by atoms with Crippen LogP contribution in [0.4, 0.5) is 5.69 Å². The summed E-state index contributed by atoms with van der Waals surface area (Å²) in [7, 11) is 0. The van der Waals surface area contributed by atoms with E-state index in [1.54, 1.807) is 31.2 Å². The molecule has 0 fully saturated rings. The van der Waals surface area contributed by atoms with Gasteiger partial charge in [0, 0.05) is 11.3 Å². The Balaban J connectivity index is 2.04. The number of amides is 1. The first-order valence-corrected chi connectivity index (χ1v) is 7.10. The van der Waals surface area contributed by atoms with Crippen LogP contribution in [0.15, 0.2) is 42.5 Å². The van der Waals surface area contributed by atoms with Gasteiger partial charge < -0.3 is 10.1 Å². The van der Waals surface area contributed by atoms with Gasteiger partial charge in [0.25, 0.3) is 5.91 Å². The highest BCUT2D eigenvalue weighted by molar-refractivity contribution is 5.95. The van der Waals surface area contributed by atoms with Crippen LogP contribution in [-0.2, 0) is 4.79 Å². The molecule has 114 valence electrons. The number of anilines is 1. The van der Waals surface area contributed by atoms with E-state index in [9.17, 15) is 9.59 Å². The highest BCUT2D eigenvalue weighted by Gasteiger charge is 2.16. The smallest absolute Gasteiger partial charge is 0.265 e. The van der Waals surface area contributed by atoms with Crippen LogP contribution in [0, 0.1) is 13.8 Å². The Morgan fingerprint density at radius 3 is 2.23 bits per heavy atom. The lowest BCUT2D eigenvalue weighted by Gasteiger charge is -2.17. The highest BCUT2D eigenvalue weighted by atomic mass is 16.5. The molecule has 0 heterocycles. The van der Waals surface area contributed by atoms with Gasteiger partial charge in [0.1, 0.15) is 12.0 Å². The van der Waals surface area contributed by atoms with Gasteiger partial charge in [0.15, 0.2) is 6.10 Å². The molecule has 0 aromatic heterocycles. The Morgan fingerprint density at radius 2 is 1.68 bits per heavy atom. The molecule has 4 nitrogen and oxygen atoms in total. The molecular weight excluding hydrogens is 278 g/mol.